The van der Waals surface area contributed by atoms with Crippen molar-refractivity contribution in [2.24, 2.45) is 0 Å². The summed E-state index contributed by atoms with van der Waals surface area (Å²) in [5.41, 5.74) is -0.683. The highest BCUT2D eigenvalue weighted by Crippen LogP contribution is 2.52. The van der Waals surface area contributed by atoms with Crippen LogP contribution in [0.5, 0.6) is 0 Å². The van der Waals surface area contributed by atoms with Crippen molar-refractivity contribution >= 4 is 0 Å². The molecule has 0 radical (unpaired) electrons. The summed E-state index contributed by atoms with van der Waals surface area (Å²) in [5, 5.41) is 0. The zero-order valence-corrected chi connectivity index (χ0v) is 8.87. The van der Waals surface area contributed by atoms with Crippen LogP contribution in [-0.2, 0) is 11.6 Å². The highest BCUT2D eigenvalue weighted by Gasteiger charge is 2.44. The van der Waals surface area contributed by atoms with Gasteiger partial charge in [0.05, 0.1) is 5.56 Å². The number of halogens is 4. The molecule has 1 aromatic carbocycles. The van der Waals surface area contributed by atoms with E-state index in [0.717, 1.165) is 25.3 Å². The van der Waals surface area contributed by atoms with Crippen LogP contribution in [0.4, 0.5) is 17.6 Å². The molecule has 0 saturated heterocycles. The quantitative estimate of drug-likeness (QED) is 0.667. The van der Waals surface area contributed by atoms with E-state index in [2.05, 4.69) is 0 Å². The van der Waals surface area contributed by atoms with Gasteiger partial charge in [-0.15, -0.1) is 0 Å². The summed E-state index contributed by atoms with van der Waals surface area (Å²) in [7, 11) is 0. The molecule has 0 heterocycles. The van der Waals surface area contributed by atoms with Gasteiger partial charge in [0, 0.05) is 0 Å². The second-order valence-electron chi connectivity index (χ2n) is 4.33. The number of alkyl halides is 3. The van der Waals surface area contributed by atoms with Gasteiger partial charge in [-0.3, -0.25) is 0 Å². The average Bonchev–Trinajstić information content (AvgIpc) is 2.97. The second-order valence-corrected chi connectivity index (χ2v) is 4.33. The summed E-state index contributed by atoms with van der Waals surface area (Å²) in [5.74, 6) is -0.728. The lowest BCUT2D eigenvalue weighted by atomic mass is 9.92. The highest BCUT2D eigenvalue weighted by atomic mass is 19.4. The number of rotatable bonds is 2. The molecule has 0 amide bonds. The van der Waals surface area contributed by atoms with Crippen LogP contribution in [0.3, 0.4) is 0 Å². The maximum atomic E-state index is 13.6. The normalized spacial score (nSPS) is 18.6. The van der Waals surface area contributed by atoms with Crippen molar-refractivity contribution in [3.8, 4) is 0 Å². The van der Waals surface area contributed by atoms with Gasteiger partial charge in [-0.1, -0.05) is 13.0 Å². The highest BCUT2D eigenvalue weighted by molar-refractivity contribution is 5.35. The van der Waals surface area contributed by atoms with Gasteiger partial charge in [0.15, 0.2) is 0 Å². The summed E-state index contributed by atoms with van der Waals surface area (Å²) in [6, 6.07) is 2.86. The van der Waals surface area contributed by atoms with Gasteiger partial charge in [0.25, 0.3) is 0 Å². The van der Waals surface area contributed by atoms with Crippen LogP contribution >= 0.6 is 0 Å². The van der Waals surface area contributed by atoms with Gasteiger partial charge >= 0.3 is 6.18 Å². The predicted molar refractivity (Wildman–Crippen MR) is 52.6 cm³/mol. The Morgan fingerprint density at radius 3 is 2.25 bits per heavy atom. The standard InChI is InChI=1S/C12H12F4/c1-2-11(5-6-11)9-4-3-8(7-10(9)13)12(14,15)16/h3-4,7H,2,5-6H2,1H3. The minimum atomic E-state index is -4.47. The van der Waals surface area contributed by atoms with Gasteiger partial charge in [-0.25, -0.2) is 4.39 Å². The van der Waals surface area contributed by atoms with E-state index >= 15 is 0 Å². The number of hydrogen-bond acceptors (Lipinski definition) is 0. The fourth-order valence-electron chi connectivity index (χ4n) is 2.09. The molecule has 1 fully saturated rings. The fourth-order valence-corrected chi connectivity index (χ4v) is 2.09. The SMILES string of the molecule is CCC1(c2ccc(C(F)(F)F)cc2F)CC1. The van der Waals surface area contributed by atoms with E-state index in [0.29, 0.717) is 11.6 Å². The minimum Gasteiger partial charge on any atom is -0.207 e. The molecule has 1 saturated carbocycles. The zero-order chi connectivity index (χ0) is 12.0. The second kappa shape index (κ2) is 3.47. The molecule has 1 aliphatic rings. The average molecular weight is 232 g/mol. The third kappa shape index (κ3) is 1.81. The molecular weight excluding hydrogens is 220 g/mol. The van der Waals surface area contributed by atoms with Crippen LogP contribution in [0.15, 0.2) is 18.2 Å². The van der Waals surface area contributed by atoms with E-state index in [1.165, 1.54) is 6.07 Å². The first-order valence-electron chi connectivity index (χ1n) is 5.26. The Morgan fingerprint density at radius 2 is 1.88 bits per heavy atom. The first kappa shape index (κ1) is 11.4. The Balaban J connectivity index is 2.38. The van der Waals surface area contributed by atoms with Crippen molar-refractivity contribution in [1.29, 1.82) is 0 Å². The molecule has 16 heavy (non-hydrogen) atoms. The van der Waals surface area contributed by atoms with E-state index in [9.17, 15) is 17.6 Å². The molecule has 0 aliphatic heterocycles. The first-order chi connectivity index (χ1) is 7.39. The summed E-state index contributed by atoms with van der Waals surface area (Å²) in [4.78, 5) is 0. The molecule has 0 spiro atoms. The van der Waals surface area contributed by atoms with Crippen molar-refractivity contribution in [2.75, 3.05) is 0 Å². The topological polar surface area (TPSA) is 0 Å². The van der Waals surface area contributed by atoms with Crippen molar-refractivity contribution in [2.45, 2.75) is 37.8 Å². The Hall–Kier alpha value is -1.06. The van der Waals surface area contributed by atoms with Crippen molar-refractivity contribution < 1.29 is 17.6 Å². The summed E-state index contributed by atoms with van der Waals surface area (Å²) in [6.07, 6.45) is -1.96. The van der Waals surface area contributed by atoms with Gasteiger partial charge in [-0.2, -0.15) is 13.2 Å². The summed E-state index contributed by atoms with van der Waals surface area (Å²) >= 11 is 0. The van der Waals surface area contributed by atoms with Gasteiger partial charge in [0.2, 0.25) is 0 Å². The Bertz CT molecular complexity index is 402. The van der Waals surface area contributed by atoms with Gasteiger partial charge in [0.1, 0.15) is 5.82 Å². The molecule has 0 N–H and O–H groups in total. The van der Waals surface area contributed by atoms with Crippen LogP contribution in [0.2, 0.25) is 0 Å². The lowest BCUT2D eigenvalue weighted by Crippen LogP contribution is -2.11. The van der Waals surface area contributed by atoms with Crippen LogP contribution in [0.1, 0.15) is 37.3 Å². The molecule has 2 rings (SSSR count). The van der Waals surface area contributed by atoms with E-state index < -0.39 is 17.6 Å². The maximum absolute atomic E-state index is 13.6. The molecule has 4 heteroatoms. The van der Waals surface area contributed by atoms with Crippen molar-refractivity contribution in [3.63, 3.8) is 0 Å². The lowest BCUT2D eigenvalue weighted by molar-refractivity contribution is -0.137. The predicted octanol–water partition coefficient (Wildman–Crippen LogP) is 4.29. The lowest BCUT2D eigenvalue weighted by Gasteiger charge is -2.15. The van der Waals surface area contributed by atoms with Crippen LogP contribution in [0.25, 0.3) is 0 Å². The minimum absolute atomic E-state index is 0.200. The maximum Gasteiger partial charge on any atom is 0.416 e. The number of hydrogen-bond donors (Lipinski definition) is 0. The molecule has 1 aromatic rings. The zero-order valence-electron chi connectivity index (χ0n) is 8.87. The van der Waals surface area contributed by atoms with Gasteiger partial charge in [-0.05, 0) is 42.4 Å². The summed E-state index contributed by atoms with van der Waals surface area (Å²) < 4.78 is 50.6. The first-order valence-corrected chi connectivity index (χ1v) is 5.26. The Morgan fingerprint density at radius 1 is 1.25 bits per heavy atom. The smallest absolute Gasteiger partial charge is 0.207 e. The molecule has 0 bridgehead atoms. The Kier molecular flexibility index (Phi) is 2.48. The van der Waals surface area contributed by atoms with Crippen molar-refractivity contribution in [1.82, 2.24) is 0 Å². The molecule has 0 atom stereocenters. The van der Waals surface area contributed by atoms with Crippen LogP contribution in [-0.4, -0.2) is 0 Å². The van der Waals surface area contributed by atoms with E-state index in [1.54, 1.807) is 0 Å². The fraction of sp³-hybridized carbons (Fsp3) is 0.500. The van der Waals surface area contributed by atoms with E-state index in [4.69, 9.17) is 0 Å². The molecule has 88 valence electrons. The molecule has 0 aromatic heterocycles. The number of benzene rings is 1. The largest absolute Gasteiger partial charge is 0.416 e. The third-order valence-corrected chi connectivity index (χ3v) is 3.40. The van der Waals surface area contributed by atoms with E-state index in [1.807, 2.05) is 6.92 Å². The summed E-state index contributed by atoms with van der Waals surface area (Å²) in [6.45, 7) is 1.93. The molecule has 1 aliphatic carbocycles. The van der Waals surface area contributed by atoms with Crippen LogP contribution < -0.4 is 0 Å². The van der Waals surface area contributed by atoms with E-state index in [-0.39, 0.29) is 5.41 Å². The third-order valence-electron chi connectivity index (χ3n) is 3.40. The molecular formula is C12H12F4. The monoisotopic (exact) mass is 232 g/mol. The van der Waals surface area contributed by atoms with Gasteiger partial charge < -0.3 is 0 Å². The van der Waals surface area contributed by atoms with Crippen molar-refractivity contribution in [3.05, 3.63) is 35.1 Å². The van der Waals surface area contributed by atoms with Crippen LogP contribution in [0, 0.1) is 5.82 Å². The molecule has 0 unspecified atom stereocenters. The Labute approximate surface area is 91.3 Å². The molecule has 0 nitrogen and oxygen atoms in total.